The van der Waals surface area contributed by atoms with E-state index in [1.54, 1.807) is 0 Å². The Hall–Kier alpha value is -0.870. The summed E-state index contributed by atoms with van der Waals surface area (Å²) in [7, 11) is 0. The van der Waals surface area contributed by atoms with E-state index in [-0.39, 0.29) is 10.3 Å². The smallest absolute Gasteiger partial charge is 0.199 e. The van der Waals surface area contributed by atoms with Gasteiger partial charge in [0.05, 0.1) is 0 Å². The minimum atomic E-state index is 0.202. The fourth-order valence-corrected chi connectivity index (χ4v) is 1.61. The molecule has 0 atom stereocenters. The molecule has 0 aromatic carbocycles. The second kappa shape index (κ2) is 2.81. The fourth-order valence-electron chi connectivity index (χ4n) is 1.36. The maximum atomic E-state index is 5.74. The van der Waals surface area contributed by atoms with Gasteiger partial charge in [-0.05, 0) is 12.8 Å². The lowest BCUT2D eigenvalue weighted by molar-refractivity contribution is 0.982. The summed E-state index contributed by atoms with van der Waals surface area (Å²) in [4.78, 5) is 15.5. The summed E-state index contributed by atoms with van der Waals surface area (Å²) < 4.78 is 0. The first-order chi connectivity index (χ1) is 6.74. The Bertz CT molecular complexity index is 464. The molecule has 0 spiro atoms. The van der Waals surface area contributed by atoms with Gasteiger partial charge < -0.3 is 4.98 Å². The molecule has 1 aliphatic rings. The van der Waals surface area contributed by atoms with Crippen LogP contribution in [-0.4, -0.2) is 19.9 Å². The summed E-state index contributed by atoms with van der Waals surface area (Å²) in [5.41, 5.74) is 1.16. The zero-order chi connectivity index (χ0) is 9.71. The molecule has 14 heavy (non-hydrogen) atoms. The van der Waals surface area contributed by atoms with Gasteiger partial charge in [-0.3, -0.25) is 0 Å². The van der Waals surface area contributed by atoms with Crippen LogP contribution in [0.2, 0.25) is 10.3 Å². The molecule has 0 saturated heterocycles. The second-order valence-corrected chi connectivity index (χ2v) is 4.09. The van der Waals surface area contributed by atoms with Gasteiger partial charge in [0.25, 0.3) is 0 Å². The number of H-pyrrole nitrogens is 1. The second-order valence-electron chi connectivity index (χ2n) is 3.37. The van der Waals surface area contributed by atoms with Crippen molar-refractivity contribution in [2.45, 2.75) is 18.8 Å². The van der Waals surface area contributed by atoms with Crippen LogP contribution in [0.1, 0.15) is 24.6 Å². The first kappa shape index (κ1) is 8.44. The molecule has 0 radical (unpaired) electrons. The number of hydrogen-bond acceptors (Lipinski definition) is 3. The van der Waals surface area contributed by atoms with Gasteiger partial charge in [-0.1, -0.05) is 23.2 Å². The van der Waals surface area contributed by atoms with Gasteiger partial charge in [-0.2, -0.15) is 0 Å². The molecule has 2 heterocycles. The summed E-state index contributed by atoms with van der Waals surface area (Å²) in [5, 5.41) is 0.415. The van der Waals surface area contributed by atoms with Gasteiger partial charge in [0.2, 0.25) is 0 Å². The predicted molar refractivity (Wildman–Crippen MR) is 53.7 cm³/mol. The molecule has 0 bridgehead atoms. The summed E-state index contributed by atoms with van der Waals surface area (Å²) in [6.45, 7) is 0. The molecule has 0 unspecified atom stereocenters. The number of nitrogens with one attached hydrogen (secondary N) is 1. The van der Waals surface area contributed by atoms with Crippen molar-refractivity contribution in [2.24, 2.45) is 0 Å². The lowest BCUT2D eigenvalue weighted by Gasteiger charge is -1.91. The molecule has 2 aromatic heterocycles. The van der Waals surface area contributed by atoms with E-state index in [0.29, 0.717) is 17.2 Å². The number of nitrogens with zero attached hydrogens (tertiary/aromatic N) is 3. The Morgan fingerprint density at radius 3 is 2.50 bits per heavy atom. The van der Waals surface area contributed by atoms with Crippen LogP contribution in [-0.2, 0) is 0 Å². The van der Waals surface area contributed by atoms with Crippen molar-refractivity contribution in [1.29, 1.82) is 0 Å². The number of imidazole rings is 1. The largest absolute Gasteiger partial charge is 0.325 e. The molecule has 3 rings (SSSR count). The molecule has 4 nitrogen and oxygen atoms in total. The van der Waals surface area contributed by atoms with E-state index in [4.69, 9.17) is 23.2 Å². The average molecular weight is 229 g/mol. The van der Waals surface area contributed by atoms with E-state index < -0.39 is 0 Å². The number of fused-ring (bicyclic) bond motifs is 1. The van der Waals surface area contributed by atoms with Crippen molar-refractivity contribution in [3.8, 4) is 0 Å². The van der Waals surface area contributed by atoms with Gasteiger partial charge in [0.1, 0.15) is 5.82 Å². The maximum absolute atomic E-state index is 5.74. The average Bonchev–Trinajstić information content (AvgIpc) is 2.90. The maximum Gasteiger partial charge on any atom is 0.199 e. The molecule has 0 aliphatic heterocycles. The van der Waals surface area contributed by atoms with Crippen molar-refractivity contribution in [3.05, 3.63) is 16.1 Å². The van der Waals surface area contributed by atoms with E-state index in [9.17, 15) is 0 Å². The number of halogens is 2. The minimum absolute atomic E-state index is 0.202. The van der Waals surface area contributed by atoms with Crippen LogP contribution in [0.3, 0.4) is 0 Å². The zero-order valence-corrected chi connectivity index (χ0v) is 8.60. The molecule has 1 N–H and O–H groups in total. The van der Waals surface area contributed by atoms with Gasteiger partial charge in [-0.15, -0.1) is 0 Å². The third kappa shape index (κ3) is 1.26. The molecule has 1 fully saturated rings. The predicted octanol–water partition coefficient (Wildman–Crippen LogP) is 2.54. The van der Waals surface area contributed by atoms with Crippen LogP contribution >= 0.6 is 23.2 Å². The lowest BCUT2D eigenvalue weighted by Crippen LogP contribution is -1.84. The zero-order valence-electron chi connectivity index (χ0n) is 7.09. The van der Waals surface area contributed by atoms with Crippen molar-refractivity contribution < 1.29 is 0 Å². The SMILES string of the molecule is Clc1nc2nc(C3CC3)[nH]c2nc1Cl. The van der Waals surface area contributed by atoms with Crippen molar-refractivity contribution in [2.75, 3.05) is 0 Å². The number of aromatic nitrogens is 4. The van der Waals surface area contributed by atoms with Crippen molar-refractivity contribution in [3.63, 3.8) is 0 Å². The van der Waals surface area contributed by atoms with Crippen LogP contribution < -0.4 is 0 Å². The normalized spacial score (nSPS) is 16.4. The topological polar surface area (TPSA) is 54.5 Å². The van der Waals surface area contributed by atoms with E-state index >= 15 is 0 Å². The standard InChI is InChI=1S/C8H6Cl2N4/c9-4-5(10)12-8-7(11-4)13-6(14-8)3-1-2-3/h3H,1-2H2,(H,11,12,13,14). The third-order valence-corrected chi connectivity index (χ3v) is 2.86. The highest BCUT2D eigenvalue weighted by Gasteiger charge is 2.27. The Kier molecular flexibility index (Phi) is 1.69. The molecular formula is C8H6Cl2N4. The molecule has 0 amide bonds. The fraction of sp³-hybridized carbons (Fsp3) is 0.375. The molecule has 1 saturated carbocycles. The first-order valence-corrected chi connectivity index (χ1v) is 5.08. The van der Waals surface area contributed by atoms with Gasteiger partial charge in [0.15, 0.2) is 21.6 Å². The summed E-state index contributed by atoms with van der Waals surface area (Å²) in [6.07, 6.45) is 2.36. The molecule has 6 heteroatoms. The lowest BCUT2D eigenvalue weighted by atomic mass is 10.4. The third-order valence-electron chi connectivity index (χ3n) is 2.23. The molecule has 72 valence electrons. The Morgan fingerprint density at radius 1 is 1.07 bits per heavy atom. The Morgan fingerprint density at radius 2 is 1.79 bits per heavy atom. The molecular weight excluding hydrogens is 223 g/mol. The van der Waals surface area contributed by atoms with E-state index in [1.165, 1.54) is 12.8 Å². The van der Waals surface area contributed by atoms with Gasteiger partial charge in [-0.25, -0.2) is 15.0 Å². The van der Waals surface area contributed by atoms with E-state index in [1.807, 2.05) is 0 Å². The monoisotopic (exact) mass is 228 g/mol. The van der Waals surface area contributed by atoms with Gasteiger partial charge >= 0.3 is 0 Å². The first-order valence-electron chi connectivity index (χ1n) is 4.32. The van der Waals surface area contributed by atoms with Crippen LogP contribution in [0.5, 0.6) is 0 Å². The molecule has 2 aromatic rings. The highest BCUT2D eigenvalue weighted by molar-refractivity contribution is 6.40. The minimum Gasteiger partial charge on any atom is -0.325 e. The van der Waals surface area contributed by atoms with E-state index in [0.717, 1.165) is 5.82 Å². The number of hydrogen-bond donors (Lipinski definition) is 1. The summed E-state index contributed by atoms with van der Waals surface area (Å²) in [6, 6.07) is 0. The highest BCUT2D eigenvalue weighted by atomic mass is 35.5. The van der Waals surface area contributed by atoms with Crippen LogP contribution in [0, 0.1) is 0 Å². The van der Waals surface area contributed by atoms with Crippen LogP contribution in [0.15, 0.2) is 0 Å². The van der Waals surface area contributed by atoms with Crippen molar-refractivity contribution >= 4 is 34.5 Å². The Balaban J connectivity index is 2.22. The Labute approximate surface area is 89.7 Å². The van der Waals surface area contributed by atoms with Crippen molar-refractivity contribution in [1.82, 2.24) is 19.9 Å². The quantitative estimate of drug-likeness (QED) is 0.817. The number of aromatic amines is 1. The summed E-state index contributed by atoms with van der Waals surface area (Å²) >= 11 is 11.5. The molecule has 1 aliphatic carbocycles. The van der Waals surface area contributed by atoms with E-state index in [2.05, 4.69) is 19.9 Å². The van der Waals surface area contributed by atoms with Gasteiger partial charge in [0, 0.05) is 5.92 Å². The number of rotatable bonds is 1. The van der Waals surface area contributed by atoms with Crippen LogP contribution in [0.4, 0.5) is 0 Å². The summed E-state index contributed by atoms with van der Waals surface area (Å²) in [5.74, 6) is 1.49. The van der Waals surface area contributed by atoms with Crippen LogP contribution in [0.25, 0.3) is 11.3 Å². The highest BCUT2D eigenvalue weighted by Crippen LogP contribution is 2.38.